The van der Waals surface area contributed by atoms with Crippen LogP contribution in [0.15, 0.2) is 30.3 Å². The first-order valence-electron chi connectivity index (χ1n) is 8.42. The predicted octanol–water partition coefficient (Wildman–Crippen LogP) is 3.83. The number of nitrogens with zero attached hydrogens (tertiary/aromatic N) is 1. The topological polar surface area (TPSA) is 48.0 Å². The number of carbonyl (C=O) groups is 1. The van der Waals surface area contributed by atoms with Crippen molar-refractivity contribution in [2.75, 3.05) is 26.2 Å². The van der Waals surface area contributed by atoms with Gasteiger partial charge in [-0.05, 0) is 55.7 Å². The molecule has 26 heavy (non-hydrogen) atoms. The molecular weight excluding hydrogens is 337 g/mol. The number of ether oxygens (including phenoxy) is 3. The normalized spacial score (nSPS) is 16.0. The summed E-state index contributed by atoms with van der Waals surface area (Å²) in [5, 5.41) is 0. The summed E-state index contributed by atoms with van der Waals surface area (Å²) >= 11 is 0. The Morgan fingerprint density at radius 3 is 2.31 bits per heavy atom. The maximum Gasteiger partial charge on any atom is 0.258 e. The first kappa shape index (κ1) is 18.0. The number of aryl methyl sites for hydroxylation is 1. The number of halogens is 1. The molecular formula is C20H22FNO4. The van der Waals surface area contributed by atoms with Gasteiger partial charge in [-0.1, -0.05) is 0 Å². The van der Waals surface area contributed by atoms with Crippen molar-refractivity contribution in [3.05, 3.63) is 47.3 Å². The van der Waals surface area contributed by atoms with E-state index in [0.29, 0.717) is 22.8 Å². The molecule has 138 valence electrons. The number of amides is 1. The van der Waals surface area contributed by atoms with Gasteiger partial charge in [0.25, 0.3) is 5.91 Å². The number of carbonyl (C=O) groups excluding carboxylic acids is 1. The minimum Gasteiger partial charge on any atom is -0.493 e. The highest BCUT2D eigenvalue weighted by Gasteiger charge is 2.30. The van der Waals surface area contributed by atoms with Crippen LogP contribution in [0.3, 0.4) is 0 Å². The number of fused-ring (bicyclic) bond motifs is 1. The Bertz CT molecular complexity index is 812. The molecule has 3 rings (SSSR count). The Morgan fingerprint density at radius 1 is 1.08 bits per heavy atom. The van der Waals surface area contributed by atoms with Crippen LogP contribution in [0.5, 0.6) is 17.2 Å². The van der Waals surface area contributed by atoms with E-state index in [9.17, 15) is 9.18 Å². The summed E-state index contributed by atoms with van der Waals surface area (Å²) in [5.41, 5.74) is 2.00. The number of hydrogen-bond donors (Lipinski definition) is 0. The maximum atomic E-state index is 13.6. The van der Waals surface area contributed by atoms with Crippen molar-refractivity contribution in [1.29, 1.82) is 0 Å². The highest BCUT2D eigenvalue weighted by atomic mass is 19.1. The molecule has 0 fully saturated rings. The van der Waals surface area contributed by atoms with Gasteiger partial charge in [-0.3, -0.25) is 4.79 Å². The van der Waals surface area contributed by atoms with Crippen molar-refractivity contribution < 1.29 is 23.4 Å². The molecule has 0 spiro atoms. The van der Waals surface area contributed by atoms with Crippen molar-refractivity contribution in [2.24, 2.45) is 0 Å². The summed E-state index contributed by atoms with van der Waals surface area (Å²) in [5.74, 6) is 0.780. The van der Waals surface area contributed by atoms with E-state index in [4.69, 9.17) is 14.2 Å². The average Bonchev–Trinajstić information content (AvgIpc) is 2.66. The number of benzene rings is 2. The summed E-state index contributed by atoms with van der Waals surface area (Å²) < 4.78 is 29.6. The third-order valence-corrected chi connectivity index (χ3v) is 4.70. The molecule has 1 aliphatic rings. The smallest absolute Gasteiger partial charge is 0.258 e. The van der Waals surface area contributed by atoms with Gasteiger partial charge in [-0.15, -0.1) is 0 Å². The number of methoxy groups -OCH3 is 3. The fourth-order valence-electron chi connectivity index (χ4n) is 3.37. The Kier molecular flexibility index (Phi) is 5.02. The molecule has 0 aromatic heterocycles. The summed E-state index contributed by atoms with van der Waals surface area (Å²) in [6.07, 6.45) is 1.51. The minimum atomic E-state index is -0.293. The molecule has 0 unspecified atom stereocenters. The van der Waals surface area contributed by atoms with Gasteiger partial charge in [0.1, 0.15) is 5.82 Å². The van der Waals surface area contributed by atoms with Gasteiger partial charge in [0.2, 0.25) is 5.75 Å². The SMILES string of the molecule is COc1cc(C(=O)N2c3ccc(F)cc3CC[C@H]2C)cc(OC)c1OC. The van der Waals surface area contributed by atoms with Gasteiger partial charge >= 0.3 is 0 Å². The highest BCUT2D eigenvalue weighted by Crippen LogP contribution is 2.40. The Labute approximate surface area is 152 Å². The first-order chi connectivity index (χ1) is 12.5. The Hall–Kier alpha value is -2.76. The van der Waals surface area contributed by atoms with Crippen LogP contribution in [0, 0.1) is 5.82 Å². The summed E-state index contributed by atoms with van der Waals surface area (Å²) in [4.78, 5) is 15.0. The van der Waals surface area contributed by atoms with Crippen LogP contribution in [0.1, 0.15) is 29.3 Å². The van der Waals surface area contributed by atoms with Gasteiger partial charge in [-0.2, -0.15) is 0 Å². The predicted molar refractivity (Wildman–Crippen MR) is 97.1 cm³/mol. The Balaban J connectivity index is 2.07. The lowest BCUT2D eigenvalue weighted by Gasteiger charge is -2.35. The molecule has 2 aromatic carbocycles. The molecule has 1 aliphatic heterocycles. The largest absolute Gasteiger partial charge is 0.493 e. The van der Waals surface area contributed by atoms with Crippen molar-refractivity contribution in [1.82, 2.24) is 0 Å². The van der Waals surface area contributed by atoms with E-state index in [1.165, 1.54) is 33.5 Å². The van der Waals surface area contributed by atoms with Crippen LogP contribution in [-0.2, 0) is 6.42 Å². The van der Waals surface area contributed by atoms with Crippen molar-refractivity contribution in [2.45, 2.75) is 25.8 Å². The van der Waals surface area contributed by atoms with Gasteiger partial charge < -0.3 is 19.1 Å². The molecule has 0 radical (unpaired) electrons. The number of hydrogen-bond acceptors (Lipinski definition) is 4. The first-order valence-corrected chi connectivity index (χ1v) is 8.42. The van der Waals surface area contributed by atoms with Crippen molar-refractivity contribution in [3.8, 4) is 17.2 Å². The molecule has 0 saturated carbocycles. The van der Waals surface area contributed by atoms with Crippen LogP contribution in [0.4, 0.5) is 10.1 Å². The molecule has 1 heterocycles. The zero-order valence-electron chi connectivity index (χ0n) is 15.3. The van der Waals surface area contributed by atoms with E-state index < -0.39 is 0 Å². The lowest BCUT2D eigenvalue weighted by atomic mass is 9.95. The van der Waals surface area contributed by atoms with E-state index in [2.05, 4.69) is 0 Å². The molecule has 0 aliphatic carbocycles. The third-order valence-electron chi connectivity index (χ3n) is 4.70. The van der Waals surface area contributed by atoms with Gasteiger partial charge in [-0.25, -0.2) is 4.39 Å². The number of rotatable bonds is 4. The van der Waals surface area contributed by atoms with Gasteiger partial charge in [0, 0.05) is 17.3 Å². The van der Waals surface area contributed by atoms with Gasteiger partial charge in [0.05, 0.1) is 21.3 Å². The molecule has 0 N–H and O–H groups in total. The highest BCUT2D eigenvalue weighted by molar-refractivity contribution is 6.08. The van der Waals surface area contributed by atoms with Gasteiger partial charge in [0.15, 0.2) is 11.5 Å². The molecule has 1 amide bonds. The monoisotopic (exact) mass is 359 g/mol. The zero-order chi connectivity index (χ0) is 18.8. The summed E-state index contributed by atoms with van der Waals surface area (Å²) in [6, 6.07) is 7.81. The van der Waals surface area contributed by atoms with Crippen LogP contribution >= 0.6 is 0 Å². The van der Waals surface area contributed by atoms with E-state index >= 15 is 0 Å². The molecule has 0 bridgehead atoms. The molecule has 2 aromatic rings. The van der Waals surface area contributed by atoms with Crippen LogP contribution in [0.25, 0.3) is 0 Å². The van der Waals surface area contributed by atoms with E-state index in [-0.39, 0.29) is 17.8 Å². The van der Waals surface area contributed by atoms with Crippen molar-refractivity contribution in [3.63, 3.8) is 0 Å². The number of anilines is 1. The third kappa shape index (κ3) is 3.07. The standard InChI is InChI=1S/C20H22FNO4/c1-12-5-6-13-9-15(21)7-8-16(13)22(12)20(23)14-10-17(24-2)19(26-4)18(11-14)25-3/h7-12H,5-6H2,1-4H3/t12-/m1/s1. The lowest BCUT2D eigenvalue weighted by Crippen LogP contribution is -2.42. The molecule has 5 nitrogen and oxygen atoms in total. The fourth-order valence-corrected chi connectivity index (χ4v) is 3.37. The second-order valence-electron chi connectivity index (χ2n) is 6.25. The average molecular weight is 359 g/mol. The second kappa shape index (κ2) is 7.23. The molecule has 0 saturated heterocycles. The minimum absolute atomic E-state index is 0.000414. The quantitative estimate of drug-likeness (QED) is 0.832. The fraction of sp³-hybridized carbons (Fsp3) is 0.350. The molecule has 1 atom stereocenters. The van der Waals surface area contributed by atoms with E-state index in [1.807, 2.05) is 6.92 Å². The van der Waals surface area contributed by atoms with E-state index in [0.717, 1.165) is 24.1 Å². The lowest BCUT2D eigenvalue weighted by molar-refractivity contribution is 0.0974. The summed E-state index contributed by atoms with van der Waals surface area (Å²) in [6.45, 7) is 1.99. The van der Waals surface area contributed by atoms with Crippen LogP contribution < -0.4 is 19.1 Å². The Morgan fingerprint density at radius 2 is 1.73 bits per heavy atom. The maximum absolute atomic E-state index is 13.6. The van der Waals surface area contributed by atoms with E-state index in [1.54, 1.807) is 23.1 Å². The van der Waals surface area contributed by atoms with Crippen LogP contribution in [0.2, 0.25) is 0 Å². The van der Waals surface area contributed by atoms with Crippen LogP contribution in [-0.4, -0.2) is 33.3 Å². The van der Waals surface area contributed by atoms with Crippen molar-refractivity contribution >= 4 is 11.6 Å². The molecule has 6 heteroatoms. The second-order valence-corrected chi connectivity index (χ2v) is 6.25. The zero-order valence-corrected chi connectivity index (χ0v) is 15.3. The summed E-state index contributed by atoms with van der Waals surface area (Å²) in [7, 11) is 4.53.